The molecule has 1 saturated carbocycles. The van der Waals surface area contributed by atoms with Gasteiger partial charge in [0, 0.05) is 29.1 Å². The van der Waals surface area contributed by atoms with Crippen molar-refractivity contribution in [3.63, 3.8) is 0 Å². The smallest absolute Gasteiger partial charge is 0.358 e. The number of carbonyl (C=O) groups is 2. The maximum Gasteiger partial charge on any atom is 2.00 e. The fraction of sp³-hybridized carbons (Fsp3) is 0.290. The average Bonchev–Trinajstić information content (AvgIpc) is 2.82. The van der Waals surface area contributed by atoms with Gasteiger partial charge in [-0.3, -0.25) is 9.59 Å². The van der Waals surface area contributed by atoms with Crippen molar-refractivity contribution in [3.05, 3.63) is 123 Å². The van der Waals surface area contributed by atoms with Crippen LogP contribution in [-0.4, -0.2) is 23.9 Å². The maximum absolute atomic E-state index is 13.1. The van der Waals surface area contributed by atoms with Crippen LogP contribution in [0.4, 0.5) is 0 Å². The zero-order chi connectivity index (χ0) is 23.3. The summed E-state index contributed by atoms with van der Waals surface area (Å²) in [5.74, 6) is -0.0465. The van der Waals surface area contributed by atoms with Crippen molar-refractivity contribution in [1.82, 2.24) is 10.6 Å². The van der Waals surface area contributed by atoms with Gasteiger partial charge in [0.2, 0.25) is 0 Å². The molecule has 0 radical (unpaired) electrons. The third-order valence-corrected chi connectivity index (χ3v) is 6.60. The van der Waals surface area contributed by atoms with Gasteiger partial charge in [0.05, 0.1) is 0 Å². The van der Waals surface area contributed by atoms with E-state index in [0.717, 1.165) is 19.3 Å². The van der Waals surface area contributed by atoms with Gasteiger partial charge in [-0.05, 0) is 54.5 Å². The van der Waals surface area contributed by atoms with Gasteiger partial charge in [0.1, 0.15) is 0 Å². The Labute approximate surface area is 232 Å². The first kappa shape index (κ1) is 31.3. The van der Waals surface area contributed by atoms with Gasteiger partial charge in [0.25, 0.3) is 11.8 Å². The van der Waals surface area contributed by atoms with E-state index in [1.54, 1.807) is 0 Å². The molecule has 1 aliphatic carbocycles. The van der Waals surface area contributed by atoms with Crippen LogP contribution in [0.3, 0.4) is 0 Å². The van der Waals surface area contributed by atoms with Crippen molar-refractivity contribution >= 4 is 11.8 Å². The molecule has 0 saturated heterocycles. The monoisotopic (exact) mass is 518 g/mol. The molecule has 0 spiro atoms. The summed E-state index contributed by atoms with van der Waals surface area (Å²) in [6.45, 7) is 4.43. The Morgan fingerprint density at radius 2 is 1.06 bits per heavy atom. The van der Waals surface area contributed by atoms with Crippen LogP contribution in [0.25, 0.3) is 0 Å². The van der Waals surface area contributed by atoms with Crippen LogP contribution in [0, 0.1) is 26.2 Å². The van der Waals surface area contributed by atoms with Crippen LogP contribution in [0.5, 0.6) is 0 Å². The van der Waals surface area contributed by atoms with Crippen molar-refractivity contribution in [2.45, 2.75) is 45.2 Å². The second-order valence-electron chi connectivity index (χ2n) is 9.82. The minimum Gasteiger partial charge on any atom is -0.358 e. The Bertz CT molecular complexity index is 1010. The summed E-state index contributed by atoms with van der Waals surface area (Å²) in [6.07, 6.45) is 2.51. The molecule has 0 aliphatic heterocycles. The van der Waals surface area contributed by atoms with Crippen LogP contribution in [0.2, 0.25) is 0 Å². The summed E-state index contributed by atoms with van der Waals surface area (Å²) in [7, 11) is 0. The molecule has 0 bridgehead atoms. The minimum absolute atomic E-state index is 0. The molecule has 188 valence electrons. The maximum atomic E-state index is 13.1. The molecule has 0 aromatic heterocycles. The number of benzene rings is 3. The summed E-state index contributed by atoms with van der Waals surface area (Å²) in [5, 5.41) is 6.63. The number of nitrogens with one attached hydrogen (secondary N) is 2. The van der Waals surface area contributed by atoms with E-state index >= 15 is 0 Å². The zero-order valence-electron chi connectivity index (χ0n) is 21.8. The largest absolute Gasteiger partial charge is 2.00 e. The van der Waals surface area contributed by atoms with Crippen molar-refractivity contribution < 1.29 is 31.3 Å². The minimum atomic E-state index is -0.0653. The molecule has 1 aliphatic rings. The second kappa shape index (κ2) is 14.2. The van der Waals surface area contributed by atoms with E-state index in [4.69, 9.17) is 0 Å². The Hall–Kier alpha value is -2.69. The third-order valence-electron chi connectivity index (χ3n) is 6.60. The van der Waals surface area contributed by atoms with Crippen LogP contribution < -0.4 is 10.6 Å². The Morgan fingerprint density at radius 3 is 1.44 bits per heavy atom. The molecule has 36 heavy (non-hydrogen) atoms. The van der Waals surface area contributed by atoms with Crippen LogP contribution >= 0.6 is 0 Å². The van der Waals surface area contributed by atoms with Crippen LogP contribution in [-0.2, 0) is 28.1 Å². The fourth-order valence-corrected chi connectivity index (χ4v) is 5.03. The number of hydrogen-bond donors (Lipinski definition) is 2. The van der Waals surface area contributed by atoms with E-state index in [-0.39, 0.29) is 71.8 Å². The van der Waals surface area contributed by atoms with Crippen molar-refractivity contribution in [2.24, 2.45) is 11.3 Å². The first-order valence-electron chi connectivity index (χ1n) is 11.7. The SMILES string of the molecule is CC1(C)CC(NC(=O)c2ccccc2)C(Cc2ccccc2)C(NC(=O)c2ccccc2)C1.[CH3-].[CH3-].[Ti+2]. The van der Waals surface area contributed by atoms with Gasteiger partial charge in [-0.25, -0.2) is 0 Å². The van der Waals surface area contributed by atoms with Gasteiger partial charge in [-0.2, -0.15) is 0 Å². The normalized spacial score (nSPS) is 19.9. The summed E-state index contributed by atoms with van der Waals surface area (Å²) in [4.78, 5) is 26.1. The van der Waals surface area contributed by atoms with Crippen molar-refractivity contribution in [3.8, 4) is 0 Å². The summed E-state index contributed by atoms with van der Waals surface area (Å²) in [6, 6.07) is 28.9. The molecule has 0 heterocycles. The third kappa shape index (κ3) is 8.18. The van der Waals surface area contributed by atoms with Gasteiger partial charge >= 0.3 is 21.7 Å². The topological polar surface area (TPSA) is 58.2 Å². The molecule has 2 unspecified atom stereocenters. The van der Waals surface area contributed by atoms with Crippen molar-refractivity contribution in [1.29, 1.82) is 0 Å². The molecular weight excluding hydrogens is 480 g/mol. The number of carbonyl (C=O) groups excluding carboxylic acids is 2. The molecule has 4 nitrogen and oxygen atoms in total. The van der Waals surface area contributed by atoms with Gasteiger partial charge in [0.15, 0.2) is 0 Å². The zero-order valence-corrected chi connectivity index (χ0v) is 23.4. The standard InChI is InChI=1S/C29H32N2O2.2CH3.Ti/c1-29(2)19-25(30-27(32)22-14-8-4-9-15-22)24(18-21-12-6-3-7-13-21)26(20-29)31-28(33)23-16-10-5-11-17-23;;;/h3-17,24-26H,18-20H2,1-2H3,(H,30,32)(H,31,33);2*1H3;/q;2*-1;+2. The molecule has 3 aromatic carbocycles. The molecule has 5 heteroatoms. The molecule has 2 amide bonds. The molecule has 2 N–H and O–H groups in total. The first-order valence-corrected chi connectivity index (χ1v) is 11.7. The van der Waals surface area contributed by atoms with Crippen LogP contribution in [0.15, 0.2) is 91.0 Å². The summed E-state index contributed by atoms with van der Waals surface area (Å²) in [5.41, 5.74) is 2.50. The number of rotatable bonds is 6. The van der Waals surface area contributed by atoms with E-state index in [1.165, 1.54) is 5.56 Å². The first-order chi connectivity index (χ1) is 15.9. The fourth-order valence-electron chi connectivity index (χ4n) is 5.03. The van der Waals surface area contributed by atoms with E-state index in [2.05, 4.69) is 36.6 Å². The number of amides is 2. The van der Waals surface area contributed by atoms with E-state index in [0.29, 0.717) is 11.1 Å². The predicted molar refractivity (Wildman–Crippen MR) is 145 cm³/mol. The predicted octanol–water partition coefficient (Wildman–Crippen LogP) is 6.16. The molecule has 1 fully saturated rings. The number of hydrogen-bond acceptors (Lipinski definition) is 2. The Balaban J connectivity index is 0.00000216. The average molecular weight is 519 g/mol. The van der Waals surface area contributed by atoms with E-state index < -0.39 is 0 Å². The van der Waals surface area contributed by atoms with Crippen molar-refractivity contribution in [2.75, 3.05) is 0 Å². The second-order valence-corrected chi connectivity index (χ2v) is 9.82. The molecule has 4 rings (SSSR count). The van der Waals surface area contributed by atoms with E-state index in [9.17, 15) is 9.59 Å². The van der Waals surface area contributed by atoms with Crippen LogP contribution in [0.1, 0.15) is 53.0 Å². The summed E-state index contributed by atoms with van der Waals surface area (Å²) < 4.78 is 0. The van der Waals surface area contributed by atoms with E-state index in [1.807, 2.05) is 78.9 Å². The molecular formula is C31H38N2O2Ti. The van der Waals surface area contributed by atoms with Gasteiger partial charge in [-0.1, -0.05) is 80.6 Å². The van der Waals surface area contributed by atoms with Gasteiger partial charge < -0.3 is 25.5 Å². The summed E-state index contributed by atoms with van der Waals surface area (Å²) >= 11 is 0. The Kier molecular flexibility index (Phi) is 12.3. The molecule has 2 atom stereocenters. The molecule has 3 aromatic rings. The van der Waals surface area contributed by atoms with Gasteiger partial charge in [-0.15, -0.1) is 0 Å². The quantitative estimate of drug-likeness (QED) is 0.303. The Morgan fingerprint density at radius 1 is 0.694 bits per heavy atom.